The topological polar surface area (TPSA) is 40.1 Å². The molecule has 1 aliphatic rings. The van der Waals surface area contributed by atoms with Crippen molar-refractivity contribution < 1.29 is 4.74 Å². The summed E-state index contributed by atoms with van der Waals surface area (Å²) in [6.07, 6.45) is 1.06. The van der Waals surface area contributed by atoms with Gasteiger partial charge >= 0.3 is 0 Å². The number of guanidine groups is 1. The van der Waals surface area contributed by atoms with Crippen LogP contribution in [-0.4, -0.2) is 57.7 Å². The zero-order valence-corrected chi connectivity index (χ0v) is 14.5. The van der Waals surface area contributed by atoms with E-state index in [-0.39, 0.29) is 0 Å². The lowest BCUT2D eigenvalue weighted by molar-refractivity contribution is 0.415. The van der Waals surface area contributed by atoms with Crippen LogP contribution in [-0.2, 0) is 0 Å². The fourth-order valence-electron chi connectivity index (χ4n) is 2.66. The summed E-state index contributed by atoms with van der Waals surface area (Å²) in [5.74, 6) is 1.80. The molecule has 0 amide bonds. The number of rotatable bonds is 4. The molecule has 1 unspecified atom stereocenters. The van der Waals surface area contributed by atoms with Gasteiger partial charge in [-0.05, 0) is 31.5 Å². The van der Waals surface area contributed by atoms with Crippen LogP contribution < -0.4 is 15.0 Å². The number of hydrogen-bond acceptors (Lipinski definition) is 3. The van der Waals surface area contributed by atoms with Gasteiger partial charge in [-0.3, -0.25) is 4.99 Å². The second-order valence-electron chi connectivity index (χ2n) is 5.58. The SMILES string of the molecule is CCN=C(NC1CCN(c2cc(Cl)ccc2OC)C1)N(C)C. The number of ether oxygens (including phenoxy) is 1. The molecule has 1 atom stereocenters. The van der Waals surface area contributed by atoms with E-state index >= 15 is 0 Å². The van der Waals surface area contributed by atoms with Crippen LogP contribution in [0.4, 0.5) is 5.69 Å². The van der Waals surface area contributed by atoms with Gasteiger partial charge in [0.1, 0.15) is 5.75 Å². The number of benzene rings is 1. The molecule has 1 saturated heterocycles. The first-order valence-corrected chi connectivity index (χ1v) is 7.99. The minimum absolute atomic E-state index is 0.372. The Morgan fingerprint density at radius 1 is 1.50 bits per heavy atom. The molecule has 1 aromatic carbocycles. The fraction of sp³-hybridized carbons (Fsp3) is 0.562. The molecule has 0 saturated carbocycles. The lowest BCUT2D eigenvalue weighted by Crippen LogP contribution is -2.44. The lowest BCUT2D eigenvalue weighted by Gasteiger charge is -2.24. The standard InChI is InChI=1S/C16H25ClN4O/c1-5-18-16(20(2)3)19-13-8-9-21(11-13)14-10-12(17)6-7-15(14)22-4/h6-7,10,13H,5,8-9,11H2,1-4H3,(H,18,19). The number of hydrogen-bond donors (Lipinski definition) is 1. The van der Waals surface area contributed by atoms with Gasteiger partial charge in [-0.25, -0.2) is 0 Å². The Kier molecular flexibility index (Phi) is 5.77. The van der Waals surface area contributed by atoms with Gasteiger partial charge in [0.25, 0.3) is 0 Å². The summed E-state index contributed by atoms with van der Waals surface area (Å²) in [6.45, 7) is 4.70. The molecule has 0 aliphatic carbocycles. The van der Waals surface area contributed by atoms with Gasteiger partial charge in [-0.2, -0.15) is 0 Å². The number of methoxy groups -OCH3 is 1. The molecule has 0 aromatic heterocycles. The second kappa shape index (κ2) is 7.58. The lowest BCUT2D eigenvalue weighted by atomic mass is 10.2. The molecule has 0 spiro atoms. The normalized spacial score (nSPS) is 18.5. The maximum atomic E-state index is 6.13. The van der Waals surface area contributed by atoms with Gasteiger partial charge in [-0.15, -0.1) is 0 Å². The van der Waals surface area contributed by atoms with Crippen molar-refractivity contribution in [1.29, 1.82) is 0 Å². The van der Waals surface area contributed by atoms with Crippen molar-refractivity contribution in [3.05, 3.63) is 23.2 Å². The van der Waals surface area contributed by atoms with E-state index < -0.39 is 0 Å². The number of nitrogens with one attached hydrogen (secondary N) is 1. The number of halogens is 1. The summed E-state index contributed by atoms with van der Waals surface area (Å²) in [7, 11) is 5.71. The molecule has 1 aromatic rings. The summed E-state index contributed by atoms with van der Waals surface area (Å²) >= 11 is 6.13. The third kappa shape index (κ3) is 3.97. The molecule has 2 rings (SSSR count). The summed E-state index contributed by atoms with van der Waals surface area (Å²) in [5, 5.41) is 4.26. The molecule has 1 aliphatic heterocycles. The zero-order chi connectivity index (χ0) is 16.1. The predicted octanol–water partition coefficient (Wildman–Crippen LogP) is 2.45. The number of anilines is 1. The maximum absolute atomic E-state index is 6.13. The first-order chi connectivity index (χ1) is 10.5. The zero-order valence-electron chi connectivity index (χ0n) is 13.8. The highest BCUT2D eigenvalue weighted by molar-refractivity contribution is 6.30. The monoisotopic (exact) mass is 324 g/mol. The largest absolute Gasteiger partial charge is 0.495 e. The highest BCUT2D eigenvalue weighted by Crippen LogP contribution is 2.33. The Balaban J connectivity index is 2.07. The summed E-state index contributed by atoms with van der Waals surface area (Å²) in [6, 6.07) is 6.11. The van der Waals surface area contributed by atoms with E-state index in [4.69, 9.17) is 16.3 Å². The van der Waals surface area contributed by atoms with E-state index in [1.54, 1.807) is 7.11 Å². The molecule has 122 valence electrons. The first-order valence-electron chi connectivity index (χ1n) is 7.62. The maximum Gasteiger partial charge on any atom is 0.193 e. The molecule has 0 bridgehead atoms. The molecular weight excluding hydrogens is 300 g/mol. The molecule has 5 nitrogen and oxygen atoms in total. The van der Waals surface area contributed by atoms with Crippen molar-refractivity contribution >= 4 is 23.2 Å². The van der Waals surface area contributed by atoms with Crippen LogP contribution in [0, 0.1) is 0 Å². The summed E-state index contributed by atoms with van der Waals surface area (Å²) in [5.41, 5.74) is 1.05. The fourth-order valence-corrected chi connectivity index (χ4v) is 2.82. The van der Waals surface area contributed by atoms with Crippen LogP contribution in [0.3, 0.4) is 0 Å². The van der Waals surface area contributed by atoms with Crippen molar-refractivity contribution in [3.8, 4) is 5.75 Å². The highest BCUT2D eigenvalue weighted by Gasteiger charge is 2.25. The second-order valence-corrected chi connectivity index (χ2v) is 6.02. The Labute approximate surface area is 137 Å². The molecule has 1 fully saturated rings. The van der Waals surface area contributed by atoms with Gasteiger partial charge in [0, 0.05) is 44.8 Å². The van der Waals surface area contributed by atoms with Gasteiger partial charge < -0.3 is 19.9 Å². The van der Waals surface area contributed by atoms with E-state index in [9.17, 15) is 0 Å². The van der Waals surface area contributed by atoms with Crippen molar-refractivity contribution in [3.63, 3.8) is 0 Å². The Hall–Kier alpha value is -1.62. The van der Waals surface area contributed by atoms with Gasteiger partial charge in [0.2, 0.25) is 0 Å². The van der Waals surface area contributed by atoms with E-state index in [0.29, 0.717) is 6.04 Å². The van der Waals surface area contributed by atoms with Crippen LogP contribution in [0.25, 0.3) is 0 Å². The smallest absolute Gasteiger partial charge is 0.193 e. The van der Waals surface area contributed by atoms with Crippen LogP contribution in [0.1, 0.15) is 13.3 Å². The average molecular weight is 325 g/mol. The Morgan fingerprint density at radius 3 is 2.91 bits per heavy atom. The first kappa shape index (κ1) is 16.7. The van der Waals surface area contributed by atoms with Crippen molar-refractivity contribution in [2.45, 2.75) is 19.4 Å². The predicted molar refractivity (Wildman–Crippen MR) is 93.4 cm³/mol. The van der Waals surface area contributed by atoms with Crippen molar-refractivity contribution in [2.24, 2.45) is 4.99 Å². The minimum atomic E-state index is 0.372. The van der Waals surface area contributed by atoms with Crippen LogP contribution in [0.15, 0.2) is 23.2 Å². The molecule has 6 heteroatoms. The number of aliphatic imine (C=N–C) groups is 1. The third-order valence-corrected chi connectivity index (χ3v) is 3.97. The Morgan fingerprint density at radius 2 is 2.27 bits per heavy atom. The van der Waals surface area contributed by atoms with Gasteiger partial charge in [0.15, 0.2) is 5.96 Å². The minimum Gasteiger partial charge on any atom is -0.495 e. The van der Waals surface area contributed by atoms with Crippen molar-refractivity contribution in [1.82, 2.24) is 10.2 Å². The molecular formula is C16H25ClN4O. The molecule has 22 heavy (non-hydrogen) atoms. The van der Waals surface area contributed by atoms with Gasteiger partial charge in [0.05, 0.1) is 12.8 Å². The van der Waals surface area contributed by atoms with E-state index in [0.717, 1.165) is 48.5 Å². The highest BCUT2D eigenvalue weighted by atomic mass is 35.5. The van der Waals surface area contributed by atoms with E-state index in [1.807, 2.05) is 44.1 Å². The van der Waals surface area contributed by atoms with Crippen LogP contribution in [0.2, 0.25) is 5.02 Å². The van der Waals surface area contributed by atoms with Crippen molar-refractivity contribution in [2.75, 3.05) is 45.7 Å². The van der Waals surface area contributed by atoms with Crippen LogP contribution >= 0.6 is 11.6 Å². The summed E-state index contributed by atoms with van der Waals surface area (Å²) < 4.78 is 5.45. The van der Waals surface area contributed by atoms with E-state index in [2.05, 4.69) is 15.2 Å². The van der Waals surface area contributed by atoms with E-state index in [1.165, 1.54) is 0 Å². The van der Waals surface area contributed by atoms with Gasteiger partial charge in [-0.1, -0.05) is 11.6 Å². The molecule has 1 heterocycles. The number of nitrogens with zero attached hydrogens (tertiary/aromatic N) is 3. The molecule has 0 radical (unpaired) electrons. The Bertz CT molecular complexity index is 533. The molecule has 1 N–H and O–H groups in total. The third-order valence-electron chi connectivity index (χ3n) is 3.73. The van der Waals surface area contributed by atoms with Crippen LogP contribution in [0.5, 0.6) is 5.75 Å². The summed E-state index contributed by atoms with van der Waals surface area (Å²) in [4.78, 5) is 8.83. The quantitative estimate of drug-likeness (QED) is 0.682. The average Bonchev–Trinajstić information content (AvgIpc) is 2.95.